The van der Waals surface area contributed by atoms with Crippen molar-refractivity contribution in [3.63, 3.8) is 0 Å². The van der Waals surface area contributed by atoms with Crippen molar-refractivity contribution >= 4 is 17.5 Å². The lowest BCUT2D eigenvalue weighted by Crippen LogP contribution is -2.36. The molecule has 1 aromatic heterocycles. The normalized spacial score (nSPS) is 14.6. The third-order valence-electron chi connectivity index (χ3n) is 6.06. The molecule has 1 amide bonds. The first kappa shape index (κ1) is 20.7. The summed E-state index contributed by atoms with van der Waals surface area (Å²) >= 11 is 6.38. The fourth-order valence-electron chi connectivity index (χ4n) is 4.38. The van der Waals surface area contributed by atoms with Crippen LogP contribution in [0.5, 0.6) is 0 Å². The van der Waals surface area contributed by atoms with Crippen LogP contribution in [-0.2, 0) is 24.4 Å². The second-order valence-electron chi connectivity index (χ2n) is 8.23. The molecule has 1 saturated carbocycles. The summed E-state index contributed by atoms with van der Waals surface area (Å²) in [6.07, 6.45) is 7.69. The molecule has 2 aromatic carbocycles. The highest BCUT2D eigenvalue weighted by atomic mass is 35.5. The van der Waals surface area contributed by atoms with Crippen molar-refractivity contribution in [1.29, 1.82) is 0 Å². The summed E-state index contributed by atoms with van der Waals surface area (Å²) in [7, 11) is 0. The molecule has 0 radical (unpaired) electrons. The molecule has 0 saturated heterocycles. The van der Waals surface area contributed by atoms with Crippen LogP contribution in [0.4, 0.5) is 0 Å². The van der Waals surface area contributed by atoms with Gasteiger partial charge in [0.2, 0.25) is 5.91 Å². The van der Waals surface area contributed by atoms with Crippen LogP contribution in [0.15, 0.2) is 72.9 Å². The Labute approximate surface area is 184 Å². The van der Waals surface area contributed by atoms with Crippen LogP contribution < -0.4 is 0 Å². The maximum Gasteiger partial charge on any atom is 0.226 e. The molecular formula is C26H29ClN2O. The molecule has 3 nitrogen and oxygen atoms in total. The van der Waals surface area contributed by atoms with Gasteiger partial charge in [-0.2, -0.15) is 0 Å². The van der Waals surface area contributed by atoms with Gasteiger partial charge in [0.05, 0.1) is 6.54 Å². The lowest BCUT2D eigenvalue weighted by molar-refractivity contribution is -0.138. The smallest absolute Gasteiger partial charge is 0.226 e. The fraction of sp³-hybridized carbons (Fsp3) is 0.346. The molecular weight excluding hydrogens is 392 g/mol. The standard InChI is InChI=1S/C26H29ClN2O/c27-25-16-8-7-14-23(25)19-28-17-9-15-24(28)20-29(18-21-10-3-1-4-11-21)26(30)22-12-5-2-6-13-22/h1,3-4,7-11,14-17,22H,2,5-6,12-13,18-20H2. The van der Waals surface area contributed by atoms with Crippen LogP contribution in [0, 0.1) is 5.92 Å². The molecule has 4 heteroatoms. The van der Waals surface area contributed by atoms with Gasteiger partial charge in [-0.1, -0.05) is 79.4 Å². The topological polar surface area (TPSA) is 25.2 Å². The zero-order valence-electron chi connectivity index (χ0n) is 17.3. The Morgan fingerprint density at radius 3 is 2.40 bits per heavy atom. The van der Waals surface area contributed by atoms with Gasteiger partial charge in [-0.3, -0.25) is 4.79 Å². The summed E-state index contributed by atoms with van der Waals surface area (Å²) in [5.74, 6) is 0.457. The first-order valence-corrected chi connectivity index (χ1v) is 11.3. The van der Waals surface area contributed by atoms with Gasteiger partial charge >= 0.3 is 0 Å². The predicted molar refractivity (Wildman–Crippen MR) is 122 cm³/mol. The van der Waals surface area contributed by atoms with Crippen molar-refractivity contribution in [1.82, 2.24) is 9.47 Å². The van der Waals surface area contributed by atoms with Crippen molar-refractivity contribution in [3.8, 4) is 0 Å². The molecule has 30 heavy (non-hydrogen) atoms. The van der Waals surface area contributed by atoms with Gasteiger partial charge in [0.25, 0.3) is 0 Å². The molecule has 1 heterocycles. The van der Waals surface area contributed by atoms with Crippen LogP contribution in [0.1, 0.15) is 48.9 Å². The molecule has 0 N–H and O–H groups in total. The fourth-order valence-corrected chi connectivity index (χ4v) is 4.57. The number of halogens is 1. The number of carbonyl (C=O) groups excluding carboxylic acids is 1. The van der Waals surface area contributed by atoms with E-state index in [1.54, 1.807) is 0 Å². The van der Waals surface area contributed by atoms with E-state index < -0.39 is 0 Å². The number of hydrogen-bond donors (Lipinski definition) is 0. The average molecular weight is 421 g/mol. The summed E-state index contributed by atoms with van der Waals surface area (Å²) < 4.78 is 2.20. The molecule has 0 aliphatic heterocycles. The van der Waals surface area contributed by atoms with Crippen molar-refractivity contribution in [2.45, 2.75) is 51.7 Å². The Bertz CT molecular complexity index is 960. The molecule has 0 bridgehead atoms. The second-order valence-corrected chi connectivity index (χ2v) is 8.64. The highest BCUT2D eigenvalue weighted by Gasteiger charge is 2.26. The van der Waals surface area contributed by atoms with E-state index >= 15 is 0 Å². The number of hydrogen-bond acceptors (Lipinski definition) is 1. The molecule has 0 spiro atoms. The number of rotatable bonds is 7. The minimum atomic E-state index is 0.162. The lowest BCUT2D eigenvalue weighted by atomic mass is 9.88. The van der Waals surface area contributed by atoms with Crippen molar-refractivity contribution in [2.24, 2.45) is 5.92 Å². The van der Waals surface area contributed by atoms with E-state index in [0.29, 0.717) is 25.5 Å². The van der Waals surface area contributed by atoms with Gasteiger partial charge < -0.3 is 9.47 Å². The minimum absolute atomic E-state index is 0.162. The van der Waals surface area contributed by atoms with E-state index in [-0.39, 0.29) is 5.92 Å². The van der Waals surface area contributed by atoms with Crippen molar-refractivity contribution in [3.05, 3.63) is 94.8 Å². The lowest BCUT2D eigenvalue weighted by Gasteiger charge is -2.30. The van der Waals surface area contributed by atoms with Gasteiger partial charge in [-0.05, 0) is 42.2 Å². The summed E-state index contributed by atoms with van der Waals surface area (Å²) in [5.41, 5.74) is 3.39. The van der Waals surface area contributed by atoms with Gasteiger partial charge in [0.15, 0.2) is 0 Å². The summed E-state index contributed by atoms with van der Waals surface area (Å²) in [6, 6.07) is 22.4. The zero-order valence-corrected chi connectivity index (χ0v) is 18.1. The van der Waals surface area contributed by atoms with Crippen LogP contribution >= 0.6 is 11.6 Å². The van der Waals surface area contributed by atoms with Crippen LogP contribution in [0.2, 0.25) is 5.02 Å². The van der Waals surface area contributed by atoms with Crippen LogP contribution in [-0.4, -0.2) is 15.4 Å². The van der Waals surface area contributed by atoms with Crippen molar-refractivity contribution < 1.29 is 4.79 Å². The minimum Gasteiger partial charge on any atom is -0.345 e. The maximum absolute atomic E-state index is 13.4. The van der Waals surface area contributed by atoms with Crippen molar-refractivity contribution in [2.75, 3.05) is 0 Å². The summed E-state index contributed by atoms with van der Waals surface area (Å²) in [5, 5.41) is 0.775. The Kier molecular flexibility index (Phi) is 6.91. The van der Waals surface area contributed by atoms with E-state index in [1.807, 2.05) is 41.3 Å². The van der Waals surface area contributed by atoms with Gasteiger partial charge in [-0.25, -0.2) is 0 Å². The number of carbonyl (C=O) groups is 1. The third-order valence-corrected chi connectivity index (χ3v) is 6.43. The zero-order chi connectivity index (χ0) is 20.8. The number of aromatic nitrogens is 1. The highest BCUT2D eigenvalue weighted by molar-refractivity contribution is 6.31. The van der Waals surface area contributed by atoms with E-state index in [1.165, 1.54) is 24.8 Å². The molecule has 1 aliphatic carbocycles. The van der Waals surface area contributed by atoms with Gasteiger partial charge in [-0.15, -0.1) is 0 Å². The quantitative estimate of drug-likeness (QED) is 0.440. The first-order chi connectivity index (χ1) is 14.7. The summed E-state index contributed by atoms with van der Waals surface area (Å²) in [6.45, 7) is 1.97. The largest absolute Gasteiger partial charge is 0.345 e. The van der Waals surface area contributed by atoms with Gasteiger partial charge in [0.1, 0.15) is 0 Å². The second kappa shape index (κ2) is 9.99. The highest BCUT2D eigenvalue weighted by Crippen LogP contribution is 2.27. The molecule has 156 valence electrons. The molecule has 1 fully saturated rings. The summed E-state index contributed by atoms with van der Waals surface area (Å²) in [4.78, 5) is 15.5. The van der Waals surface area contributed by atoms with E-state index in [2.05, 4.69) is 41.1 Å². The van der Waals surface area contributed by atoms with Crippen LogP contribution in [0.25, 0.3) is 0 Å². The number of nitrogens with zero attached hydrogens (tertiary/aromatic N) is 2. The van der Waals surface area contributed by atoms with Crippen LogP contribution in [0.3, 0.4) is 0 Å². The molecule has 3 aromatic rings. The first-order valence-electron chi connectivity index (χ1n) is 10.9. The maximum atomic E-state index is 13.4. The average Bonchev–Trinajstić information content (AvgIpc) is 3.22. The Hall–Kier alpha value is -2.52. The Morgan fingerprint density at radius 2 is 1.63 bits per heavy atom. The molecule has 0 atom stereocenters. The molecule has 0 unspecified atom stereocenters. The third kappa shape index (κ3) is 5.14. The monoisotopic (exact) mass is 420 g/mol. The van der Waals surface area contributed by atoms with E-state index in [4.69, 9.17) is 11.6 Å². The number of amides is 1. The van der Waals surface area contributed by atoms with Gasteiger partial charge in [0, 0.05) is 35.9 Å². The van der Waals surface area contributed by atoms with E-state index in [0.717, 1.165) is 29.1 Å². The molecule has 1 aliphatic rings. The SMILES string of the molecule is O=C(C1CCCCC1)N(Cc1ccccc1)Cc1cccn1Cc1ccccc1Cl. The Balaban J connectivity index is 1.55. The Morgan fingerprint density at radius 1 is 0.900 bits per heavy atom. The van der Waals surface area contributed by atoms with E-state index in [9.17, 15) is 4.79 Å². The predicted octanol–water partition coefficient (Wildman–Crippen LogP) is 6.30. The molecule has 4 rings (SSSR count). The number of benzene rings is 2.